The number of likely N-dealkylation sites (tertiary alicyclic amines) is 1. The second-order valence-corrected chi connectivity index (χ2v) is 7.75. The lowest BCUT2D eigenvalue weighted by Crippen LogP contribution is -2.29. The molecule has 2 aromatic rings. The van der Waals surface area contributed by atoms with E-state index in [2.05, 4.69) is 71.8 Å². The zero-order valence-electron chi connectivity index (χ0n) is 15.8. The summed E-state index contributed by atoms with van der Waals surface area (Å²) in [7, 11) is 0. The lowest BCUT2D eigenvalue weighted by Gasteiger charge is -2.26. The van der Waals surface area contributed by atoms with Crippen LogP contribution >= 0.6 is 12.2 Å². The molecule has 26 heavy (non-hydrogen) atoms. The van der Waals surface area contributed by atoms with Crippen LogP contribution in [0.4, 0.5) is 5.69 Å². The predicted octanol–water partition coefficient (Wildman–Crippen LogP) is 4.78. The molecular formula is C22H29N3S. The van der Waals surface area contributed by atoms with Crippen molar-refractivity contribution >= 4 is 23.0 Å². The first-order valence-corrected chi connectivity index (χ1v) is 9.93. The minimum Gasteiger partial charge on any atom is -0.358 e. The van der Waals surface area contributed by atoms with Gasteiger partial charge in [-0.2, -0.15) is 0 Å². The van der Waals surface area contributed by atoms with E-state index in [4.69, 9.17) is 12.2 Å². The van der Waals surface area contributed by atoms with Gasteiger partial charge in [0.05, 0.1) is 0 Å². The van der Waals surface area contributed by atoms with E-state index in [0.29, 0.717) is 5.11 Å². The van der Waals surface area contributed by atoms with Gasteiger partial charge in [0.2, 0.25) is 0 Å². The molecule has 1 saturated heterocycles. The fraction of sp³-hybridized carbons (Fsp3) is 0.409. The van der Waals surface area contributed by atoms with Gasteiger partial charge in [-0.15, -0.1) is 0 Å². The number of benzene rings is 2. The Bertz CT molecular complexity index is 713. The maximum Gasteiger partial charge on any atom is 0.171 e. The molecule has 0 spiro atoms. The normalized spacial score (nSPS) is 14.8. The van der Waals surface area contributed by atoms with Crippen LogP contribution in [0.1, 0.15) is 41.5 Å². The molecule has 1 heterocycles. The van der Waals surface area contributed by atoms with E-state index in [1.165, 1.54) is 54.6 Å². The number of hydrogen-bond donors (Lipinski definition) is 2. The number of aryl methyl sites for hydroxylation is 2. The van der Waals surface area contributed by atoms with Gasteiger partial charge in [0.15, 0.2) is 5.11 Å². The van der Waals surface area contributed by atoms with E-state index in [1.807, 2.05) is 0 Å². The highest BCUT2D eigenvalue weighted by Gasteiger charge is 2.10. The number of thiocarbonyl (C=S) groups is 1. The lowest BCUT2D eigenvalue weighted by atomic mass is 10.1. The van der Waals surface area contributed by atoms with Crippen molar-refractivity contribution in [2.75, 3.05) is 18.4 Å². The molecule has 4 heteroatoms. The number of piperidine rings is 1. The van der Waals surface area contributed by atoms with Gasteiger partial charge in [0.1, 0.15) is 0 Å². The molecule has 2 aromatic carbocycles. The molecule has 2 N–H and O–H groups in total. The summed E-state index contributed by atoms with van der Waals surface area (Å²) in [5.41, 5.74) is 6.15. The Morgan fingerprint density at radius 2 is 1.54 bits per heavy atom. The third-order valence-corrected chi connectivity index (χ3v) is 5.06. The molecule has 0 radical (unpaired) electrons. The van der Waals surface area contributed by atoms with Crippen molar-refractivity contribution in [1.29, 1.82) is 0 Å². The van der Waals surface area contributed by atoms with Crippen LogP contribution in [0.25, 0.3) is 0 Å². The fourth-order valence-corrected chi connectivity index (χ4v) is 3.73. The Hall–Kier alpha value is -1.91. The van der Waals surface area contributed by atoms with Crippen LogP contribution < -0.4 is 10.6 Å². The molecule has 0 aromatic heterocycles. The van der Waals surface area contributed by atoms with Gasteiger partial charge in [-0.1, -0.05) is 36.8 Å². The van der Waals surface area contributed by atoms with E-state index in [9.17, 15) is 0 Å². The molecular weight excluding hydrogens is 338 g/mol. The molecule has 1 aliphatic rings. The average Bonchev–Trinajstić information content (AvgIpc) is 2.61. The summed E-state index contributed by atoms with van der Waals surface area (Å²) < 4.78 is 0. The quantitative estimate of drug-likeness (QED) is 0.744. The maximum absolute atomic E-state index is 5.43. The standard InChI is InChI=1S/C22H29N3S/c1-17-12-18(2)14-21(13-17)24-22(26)23-15-19-6-8-20(9-7-19)16-25-10-4-3-5-11-25/h6-9,12-14H,3-5,10-11,15-16H2,1-2H3,(H2,23,24,26). The van der Waals surface area contributed by atoms with Crippen molar-refractivity contribution in [2.24, 2.45) is 0 Å². The SMILES string of the molecule is Cc1cc(C)cc(NC(=S)NCc2ccc(CN3CCCCC3)cc2)c1. The number of rotatable bonds is 5. The summed E-state index contributed by atoms with van der Waals surface area (Å²) in [5, 5.41) is 7.23. The third kappa shape index (κ3) is 5.82. The van der Waals surface area contributed by atoms with Gasteiger partial charge < -0.3 is 10.6 Å². The fourth-order valence-electron chi connectivity index (χ4n) is 3.54. The highest BCUT2D eigenvalue weighted by Crippen LogP contribution is 2.15. The van der Waals surface area contributed by atoms with Gasteiger partial charge >= 0.3 is 0 Å². The van der Waals surface area contributed by atoms with E-state index in [-0.39, 0.29) is 0 Å². The number of hydrogen-bond acceptors (Lipinski definition) is 2. The third-order valence-electron chi connectivity index (χ3n) is 4.81. The predicted molar refractivity (Wildman–Crippen MR) is 115 cm³/mol. The van der Waals surface area contributed by atoms with Gasteiger partial charge in [-0.25, -0.2) is 0 Å². The van der Waals surface area contributed by atoms with E-state index in [1.54, 1.807) is 0 Å². The van der Waals surface area contributed by atoms with Crippen LogP contribution in [0.5, 0.6) is 0 Å². The molecule has 1 aliphatic heterocycles. The van der Waals surface area contributed by atoms with Crippen molar-refractivity contribution in [3.63, 3.8) is 0 Å². The number of nitrogens with one attached hydrogen (secondary N) is 2. The summed E-state index contributed by atoms with van der Waals surface area (Å²) in [4.78, 5) is 2.56. The van der Waals surface area contributed by atoms with E-state index >= 15 is 0 Å². The van der Waals surface area contributed by atoms with Gasteiger partial charge in [0, 0.05) is 18.8 Å². The minimum atomic E-state index is 0.660. The summed E-state index contributed by atoms with van der Waals surface area (Å²) in [6.07, 6.45) is 4.07. The molecule has 3 nitrogen and oxygen atoms in total. The topological polar surface area (TPSA) is 27.3 Å². The zero-order valence-corrected chi connectivity index (χ0v) is 16.7. The monoisotopic (exact) mass is 367 g/mol. The van der Waals surface area contributed by atoms with Crippen molar-refractivity contribution in [2.45, 2.75) is 46.2 Å². The highest BCUT2D eigenvalue weighted by atomic mass is 32.1. The summed E-state index contributed by atoms with van der Waals surface area (Å²) in [6, 6.07) is 15.3. The number of nitrogens with zero attached hydrogens (tertiary/aromatic N) is 1. The van der Waals surface area contributed by atoms with E-state index < -0.39 is 0 Å². The Kier molecular flexibility index (Phi) is 6.64. The molecule has 0 unspecified atom stereocenters. The maximum atomic E-state index is 5.43. The van der Waals surface area contributed by atoms with Crippen LogP contribution in [-0.2, 0) is 13.1 Å². The molecule has 1 fully saturated rings. The highest BCUT2D eigenvalue weighted by molar-refractivity contribution is 7.80. The van der Waals surface area contributed by atoms with Crippen LogP contribution in [0.3, 0.4) is 0 Å². The first-order chi connectivity index (χ1) is 12.6. The molecule has 0 amide bonds. The Balaban J connectivity index is 1.47. The van der Waals surface area contributed by atoms with E-state index in [0.717, 1.165) is 18.8 Å². The smallest absolute Gasteiger partial charge is 0.171 e. The Labute approximate surface area is 162 Å². The Morgan fingerprint density at radius 3 is 2.19 bits per heavy atom. The first kappa shape index (κ1) is 18.9. The zero-order chi connectivity index (χ0) is 18.4. The van der Waals surface area contributed by atoms with Crippen molar-refractivity contribution in [3.8, 4) is 0 Å². The molecule has 0 bridgehead atoms. The van der Waals surface area contributed by atoms with Crippen molar-refractivity contribution < 1.29 is 0 Å². The van der Waals surface area contributed by atoms with Crippen LogP contribution in [0.2, 0.25) is 0 Å². The second kappa shape index (κ2) is 9.15. The van der Waals surface area contributed by atoms with Gasteiger partial charge in [0.25, 0.3) is 0 Å². The minimum absolute atomic E-state index is 0.660. The van der Waals surface area contributed by atoms with Gasteiger partial charge in [-0.3, -0.25) is 4.90 Å². The summed E-state index contributed by atoms with van der Waals surface area (Å²) in [6.45, 7) is 8.48. The first-order valence-electron chi connectivity index (χ1n) is 9.52. The summed E-state index contributed by atoms with van der Waals surface area (Å²) >= 11 is 5.43. The second-order valence-electron chi connectivity index (χ2n) is 7.34. The molecule has 0 saturated carbocycles. The van der Waals surface area contributed by atoms with Crippen LogP contribution in [0.15, 0.2) is 42.5 Å². The molecule has 0 aliphatic carbocycles. The van der Waals surface area contributed by atoms with Gasteiger partial charge in [-0.05, 0) is 86.4 Å². The average molecular weight is 368 g/mol. The molecule has 0 atom stereocenters. The summed E-state index contributed by atoms with van der Waals surface area (Å²) in [5.74, 6) is 0. The lowest BCUT2D eigenvalue weighted by molar-refractivity contribution is 0.221. The van der Waals surface area contributed by atoms with Crippen molar-refractivity contribution in [1.82, 2.24) is 10.2 Å². The van der Waals surface area contributed by atoms with Crippen LogP contribution in [0, 0.1) is 13.8 Å². The number of anilines is 1. The Morgan fingerprint density at radius 1 is 0.923 bits per heavy atom. The largest absolute Gasteiger partial charge is 0.358 e. The molecule has 138 valence electrons. The van der Waals surface area contributed by atoms with Crippen molar-refractivity contribution in [3.05, 3.63) is 64.7 Å². The molecule has 3 rings (SSSR count). The van der Waals surface area contributed by atoms with Crippen LogP contribution in [-0.4, -0.2) is 23.1 Å².